The maximum absolute atomic E-state index is 9.53. The number of benzene rings is 1. The molecule has 1 aliphatic rings. The summed E-state index contributed by atoms with van der Waals surface area (Å²) < 4.78 is 0. The summed E-state index contributed by atoms with van der Waals surface area (Å²) in [5.41, 5.74) is 3.23. The standard InChI is InChI=1S/C13H19NO/c1-9-7-13(15)10(2)6-12(9)14-8-11-4-3-5-11/h6-7,11,14-15H,3-5,8H2,1-2H3. The van der Waals surface area contributed by atoms with Gasteiger partial charge in [0, 0.05) is 12.2 Å². The Morgan fingerprint density at radius 1 is 1.27 bits per heavy atom. The van der Waals surface area contributed by atoms with E-state index in [-0.39, 0.29) is 0 Å². The van der Waals surface area contributed by atoms with Crippen molar-refractivity contribution in [2.45, 2.75) is 33.1 Å². The van der Waals surface area contributed by atoms with Gasteiger partial charge in [0.25, 0.3) is 0 Å². The van der Waals surface area contributed by atoms with Crippen LogP contribution < -0.4 is 5.32 Å². The van der Waals surface area contributed by atoms with Crippen molar-refractivity contribution >= 4 is 5.69 Å². The fraction of sp³-hybridized carbons (Fsp3) is 0.538. The van der Waals surface area contributed by atoms with Crippen LogP contribution in [0.2, 0.25) is 0 Å². The normalized spacial score (nSPS) is 16.1. The molecule has 0 heterocycles. The summed E-state index contributed by atoms with van der Waals surface area (Å²) in [6.45, 7) is 5.04. The molecule has 1 aromatic rings. The van der Waals surface area contributed by atoms with Gasteiger partial charge in [0.05, 0.1) is 0 Å². The van der Waals surface area contributed by atoms with Crippen molar-refractivity contribution < 1.29 is 5.11 Å². The van der Waals surface area contributed by atoms with Crippen LogP contribution in [0.25, 0.3) is 0 Å². The Kier molecular flexibility index (Phi) is 2.85. The molecule has 0 atom stereocenters. The van der Waals surface area contributed by atoms with Crippen molar-refractivity contribution in [3.8, 4) is 5.75 Å². The van der Waals surface area contributed by atoms with Gasteiger partial charge in [-0.2, -0.15) is 0 Å². The number of hydrogen-bond acceptors (Lipinski definition) is 2. The van der Waals surface area contributed by atoms with Gasteiger partial charge in [-0.25, -0.2) is 0 Å². The van der Waals surface area contributed by atoms with Gasteiger partial charge in [-0.05, 0) is 55.9 Å². The summed E-state index contributed by atoms with van der Waals surface area (Å²) in [5, 5.41) is 13.0. The Labute approximate surface area is 91.3 Å². The number of hydrogen-bond donors (Lipinski definition) is 2. The highest BCUT2D eigenvalue weighted by atomic mass is 16.3. The highest BCUT2D eigenvalue weighted by Gasteiger charge is 2.17. The fourth-order valence-corrected chi connectivity index (χ4v) is 1.94. The summed E-state index contributed by atoms with van der Waals surface area (Å²) in [7, 11) is 0. The van der Waals surface area contributed by atoms with Gasteiger partial charge >= 0.3 is 0 Å². The van der Waals surface area contributed by atoms with Crippen molar-refractivity contribution in [2.24, 2.45) is 5.92 Å². The molecule has 1 saturated carbocycles. The van der Waals surface area contributed by atoms with E-state index >= 15 is 0 Å². The Hall–Kier alpha value is -1.18. The zero-order valence-electron chi connectivity index (χ0n) is 9.51. The van der Waals surface area contributed by atoms with Gasteiger partial charge in [-0.1, -0.05) is 6.42 Å². The molecular weight excluding hydrogens is 186 g/mol. The largest absolute Gasteiger partial charge is 0.508 e. The summed E-state index contributed by atoms with van der Waals surface area (Å²) in [6.07, 6.45) is 4.12. The molecule has 0 amide bonds. The quantitative estimate of drug-likeness (QED) is 0.743. The lowest BCUT2D eigenvalue weighted by atomic mass is 9.85. The number of phenolic OH excluding ortho intramolecular Hbond substituents is 1. The van der Waals surface area contributed by atoms with Crippen molar-refractivity contribution in [3.05, 3.63) is 23.3 Å². The highest BCUT2D eigenvalue weighted by Crippen LogP contribution is 2.29. The molecule has 2 nitrogen and oxygen atoms in total. The van der Waals surface area contributed by atoms with Crippen LogP contribution in [-0.4, -0.2) is 11.7 Å². The first-order valence-electron chi connectivity index (χ1n) is 5.71. The van der Waals surface area contributed by atoms with Crippen LogP contribution in [0.4, 0.5) is 5.69 Å². The summed E-state index contributed by atoms with van der Waals surface area (Å²) in [6, 6.07) is 3.86. The van der Waals surface area contributed by atoms with Gasteiger partial charge in [0.1, 0.15) is 5.75 Å². The summed E-state index contributed by atoms with van der Waals surface area (Å²) in [4.78, 5) is 0. The molecule has 1 fully saturated rings. The van der Waals surface area contributed by atoms with E-state index in [2.05, 4.69) is 5.32 Å². The molecule has 2 N–H and O–H groups in total. The van der Waals surface area contributed by atoms with E-state index in [1.807, 2.05) is 26.0 Å². The van der Waals surface area contributed by atoms with Crippen molar-refractivity contribution in [2.75, 3.05) is 11.9 Å². The summed E-state index contributed by atoms with van der Waals surface area (Å²) in [5.74, 6) is 1.25. The lowest BCUT2D eigenvalue weighted by molar-refractivity contribution is 0.333. The van der Waals surface area contributed by atoms with Gasteiger partial charge in [0.2, 0.25) is 0 Å². The van der Waals surface area contributed by atoms with Crippen LogP contribution in [-0.2, 0) is 0 Å². The first kappa shape index (κ1) is 10.3. The molecule has 15 heavy (non-hydrogen) atoms. The van der Waals surface area contributed by atoms with Crippen LogP contribution >= 0.6 is 0 Å². The second kappa shape index (κ2) is 4.13. The molecule has 82 valence electrons. The molecule has 0 aliphatic heterocycles. The lowest BCUT2D eigenvalue weighted by Crippen LogP contribution is -2.21. The SMILES string of the molecule is Cc1cc(NCC2CCC2)c(C)cc1O. The molecule has 0 unspecified atom stereocenters. The molecule has 2 heteroatoms. The highest BCUT2D eigenvalue weighted by molar-refractivity contribution is 5.56. The van der Waals surface area contributed by atoms with Gasteiger partial charge < -0.3 is 10.4 Å². The Morgan fingerprint density at radius 2 is 2.00 bits per heavy atom. The van der Waals surface area contributed by atoms with Crippen LogP contribution in [0.3, 0.4) is 0 Å². The number of anilines is 1. The van der Waals surface area contributed by atoms with Crippen LogP contribution in [0.5, 0.6) is 5.75 Å². The molecule has 2 rings (SSSR count). The average Bonchev–Trinajstić information content (AvgIpc) is 2.11. The number of aromatic hydroxyl groups is 1. The second-order valence-electron chi connectivity index (χ2n) is 4.63. The van der Waals surface area contributed by atoms with Gasteiger partial charge in [-0.3, -0.25) is 0 Å². The number of phenols is 1. The van der Waals surface area contributed by atoms with Crippen LogP contribution in [0.15, 0.2) is 12.1 Å². The van der Waals surface area contributed by atoms with Crippen molar-refractivity contribution in [1.29, 1.82) is 0 Å². The minimum atomic E-state index is 0.390. The molecule has 0 bridgehead atoms. The molecule has 0 spiro atoms. The van der Waals surface area contributed by atoms with E-state index in [4.69, 9.17) is 0 Å². The molecular formula is C13H19NO. The molecule has 1 aliphatic carbocycles. The molecule has 0 aromatic heterocycles. The van der Waals surface area contributed by atoms with Crippen molar-refractivity contribution in [3.63, 3.8) is 0 Å². The molecule has 0 saturated heterocycles. The smallest absolute Gasteiger partial charge is 0.118 e. The number of aryl methyl sites for hydroxylation is 2. The van der Waals surface area contributed by atoms with E-state index in [1.54, 1.807) is 0 Å². The zero-order chi connectivity index (χ0) is 10.8. The van der Waals surface area contributed by atoms with Crippen LogP contribution in [0.1, 0.15) is 30.4 Å². The lowest BCUT2D eigenvalue weighted by Gasteiger charge is -2.26. The van der Waals surface area contributed by atoms with Crippen LogP contribution in [0, 0.1) is 19.8 Å². The first-order valence-corrected chi connectivity index (χ1v) is 5.71. The Bertz CT molecular complexity index is 356. The average molecular weight is 205 g/mol. The van der Waals surface area contributed by atoms with E-state index in [1.165, 1.54) is 19.3 Å². The topological polar surface area (TPSA) is 32.3 Å². The third kappa shape index (κ3) is 2.25. The predicted octanol–water partition coefficient (Wildman–Crippen LogP) is 3.22. The van der Waals surface area contributed by atoms with E-state index in [0.29, 0.717) is 5.75 Å². The van der Waals surface area contributed by atoms with E-state index in [9.17, 15) is 5.11 Å². The van der Waals surface area contributed by atoms with E-state index in [0.717, 1.165) is 29.3 Å². The molecule has 0 radical (unpaired) electrons. The second-order valence-corrected chi connectivity index (χ2v) is 4.63. The maximum Gasteiger partial charge on any atom is 0.118 e. The van der Waals surface area contributed by atoms with Gasteiger partial charge in [-0.15, -0.1) is 0 Å². The number of rotatable bonds is 3. The van der Waals surface area contributed by atoms with Gasteiger partial charge in [0.15, 0.2) is 0 Å². The Balaban J connectivity index is 2.03. The predicted molar refractivity (Wildman–Crippen MR) is 63.4 cm³/mol. The molecule has 1 aromatic carbocycles. The summed E-state index contributed by atoms with van der Waals surface area (Å²) >= 11 is 0. The monoisotopic (exact) mass is 205 g/mol. The third-order valence-corrected chi connectivity index (χ3v) is 3.35. The minimum absolute atomic E-state index is 0.390. The fourth-order valence-electron chi connectivity index (χ4n) is 1.94. The minimum Gasteiger partial charge on any atom is -0.508 e. The first-order chi connectivity index (χ1) is 7.16. The third-order valence-electron chi connectivity index (χ3n) is 3.35. The zero-order valence-corrected chi connectivity index (χ0v) is 9.51. The Morgan fingerprint density at radius 3 is 2.60 bits per heavy atom. The number of nitrogens with one attached hydrogen (secondary N) is 1. The van der Waals surface area contributed by atoms with E-state index < -0.39 is 0 Å². The maximum atomic E-state index is 9.53. The van der Waals surface area contributed by atoms with Crippen molar-refractivity contribution in [1.82, 2.24) is 0 Å².